The molecule has 3 rings (SSSR count). The predicted molar refractivity (Wildman–Crippen MR) is 122 cm³/mol. The van der Waals surface area contributed by atoms with Crippen LogP contribution in [0.4, 0.5) is 5.69 Å². The van der Waals surface area contributed by atoms with Crippen molar-refractivity contribution >= 4 is 17.7 Å². The zero-order chi connectivity index (χ0) is 22.1. The summed E-state index contributed by atoms with van der Waals surface area (Å²) >= 11 is 0. The third-order valence-corrected chi connectivity index (χ3v) is 4.77. The first-order valence-electron chi connectivity index (χ1n) is 10.0. The van der Waals surface area contributed by atoms with E-state index >= 15 is 0 Å². The zero-order valence-electron chi connectivity index (χ0n) is 17.6. The van der Waals surface area contributed by atoms with Crippen LogP contribution in [-0.2, 0) is 17.8 Å². The van der Waals surface area contributed by atoms with Gasteiger partial charge in [0, 0.05) is 17.3 Å². The van der Waals surface area contributed by atoms with E-state index < -0.39 is 5.91 Å². The Morgan fingerprint density at radius 3 is 2.52 bits per heavy atom. The molecule has 156 valence electrons. The molecule has 0 saturated carbocycles. The van der Waals surface area contributed by atoms with E-state index in [0.29, 0.717) is 29.4 Å². The first-order chi connectivity index (χ1) is 15.1. The van der Waals surface area contributed by atoms with Crippen molar-refractivity contribution in [3.05, 3.63) is 95.1 Å². The fourth-order valence-electron chi connectivity index (χ4n) is 3.07. The molecule has 0 aliphatic rings. The predicted octanol–water partition coefficient (Wildman–Crippen LogP) is 5.38. The maximum atomic E-state index is 12.8. The van der Waals surface area contributed by atoms with Crippen LogP contribution in [0.25, 0.3) is 6.08 Å². The number of rotatable bonds is 8. The molecule has 0 aliphatic carbocycles. The Bertz CT molecular complexity index is 1110. The number of hydrogen-bond acceptors (Lipinski definition) is 4. The molecule has 0 aliphatic heterocycles. The molecule has 0 saturated heterocycles. The van der Waals surface area contributed by atoms with Crippen LogP contribution in [0.5, 0.6) is 11.5 Å². The van der Waals surface area contributed by atoms with Crippen molar-refractivity contribution in [3.63, 3.8) is 0 Å². The molecule has 0 radical (unpaired) electrons. The van der Waals surface area contributed by atoms with Gasteiger partial charge in [-0.2, -0.15) is 5.26 Å². The van der Waals surface area contributed by atoms with Gasteiger partial charge >= 0.3 is 0 Å². The molecule has 0 heterocycles. The Balaban J connectivity index is 1.86. The van der Waals surface area contributed by atoms with E-state index in [1.807, 2.05) is 67.6 Å². The highest BCUT2D eigenvalue weighted by Crippen LogP contribution is 2.28. The van der Waals surface area contributed by atoms with Crippen LogP contribution in [0.15, 0.2) is 78.4 Å². The third-order valence-electron chi connectivity index (χ3n) is 4.77. The van der Waals surface area contributed by atoms with E-state index in [1.54, 1.807) is 25.3 Å². The molecule has 1 amide bonds. The maximum Gasteiger partial charge on any atom is 0.266 e. The number of nitrogens with zero attached hydrogens (tertiary/aromatic N) is 1. The van der Waals surface area contributed by atoms with Crippen LogP contribution in [0, 0.1) is 11.3 Å². The molecular formula is C26H24N2O3. The van der Waals surface area contributed by atoms with E-state index in [0.717, 1.165) is 17.5 Å². The monoisotopic (exact) mass is 412 g/mol. The maximum absolute atomic E-state index is 12.8. The van der Waals surface area contributed by atoms with E-state index in [1.165, 1.54) is 6.08 Å². The molecule has 0 spiro atoms. The van der Waals surface area contributed by atoms with Crippen LogP contribution >= 0.6 is 0 Å². The average Bonchev–Trinajstić information content (AvgIpc) is 2.82. The first-order valence-corrected chi connectivity index (χ1v) is 10.0. The summed E-state index contributed by atoms with van der Waals surface area (Å²) < 4.78 is 11.3. The molecule has 0 fully saturated rings. The fourth-order valence-corrected chi connectivity index (χ4v) is 3.07. The second kappa shape index (κ2) is 10.7. The lowest BCUT2D eigenvalue weighted by molar-refractivity contribution is -0.112. The average molecular weight is 412 g/mol. The molecule has 0 aromatic heterocycles. The highest BCUT2D eigenvalue weighted by molar-refractivity contribution is 6.10. The third kappa shape index (κ3) is 5.74. The molecular weight excluding hydrogens is 388 g/mol. The van der Waals surface area contributed by atoms with Gasteiger partial charge in [-0.1, -0.05) is 55.5 Å². The zero-order valence-corrected chi connectivity index (χ0v) is 17.6. The molecule has 0 bridgehead atoms. The number of aryl methyl sites for hydroxylation is 1. The number of anilines is 1. The van der Waals surface area contributed by atoms with E-state index in [2.05, 4.69) is 5.32 Å². The van der Waals surface area contributed by atoms with Gasteiger partial charge in [-0.25, -0.2) is 0 Å². The van der Waals surface area contributed by atoms with Gasteiger partial charge in [0.05, 0.1) is 7.11 Å². The minimum absolute atomic E-state index is 0.0133. The molecule has 0 unspecified atom stereocenters. The summed E-state index contributed by atoms with van der Waals surface area (Å²) in [5.41, 5.74) is 3.32. The topological polar surface area (TPSA) is 71.4 Å². The van der Waals surface area contributed by atoms with Crippen molar-refractivity contribution in [1.82, 2.24) is 0 Å². The molecule has 3 aromatic rings. The quantitative estimate of drug-likeness (QED) is 0.398. The highest BCUT2D eigenvalue weighted by Gasteiger charge is 2.13. The molecule has 31 heavy (non-hydrogen) atoms. The van der Waals surface area contributed by atoms with Crippen LogP contribution in [0.3, 0.4) is 0 Å². The largest absolute Gasteiger partial charge is 0.497 e. The van der Waals surface area contributed by atoms with Crippen molar-refractivity contribution in [1.29, 1.82) is 5.26 Å². The molecule has 0 atom stereocenters. The van der Waals surface area contributed by atoms with Gasteiger partial charge < -0.3 is 14.8 Å². The van der Waals surface area contributed by atoms with Gasteiger partial charge in [-0.3, -0.25) is 4.79 Å². The smallest absolute Gasteiger partial charge is 0.266 e. The number of methoxy groups -OCH3 is 1. The van der Waals surface area contributed by atoms with Crippen LogP contribution in [0.2, 0.25) is 0 Å². The van der Waals surface area contributed by atoms with Crippen LogP contribution < -0.4 is 14.8 Å². The number of nitriles is 1. The van der Waals surface area contributed by atoms with Gasteiger partial charge in [0.15, 0.2) is 0 Å². The summed E-state index contributed by atoms with van der Waals surface area (Å²) in [6.45, 7) is 2.37. The molecule has 5 heteroatoms. The summed E-state index contributed by atoms with van der Waals surface area (Å²) in [6, 6.07) is 24.6. The summed E-state index contributed by atoms with van der Waals surface area (Å²) in [4.78, 5) is 12.8. The van der Waals surface area contributed by atoms with Crippen molar-refractivity contribution in [2.75, 3.05) is 12.4 Å². The second-order valence-corrected chi connectivity index (χ2v) is 6.81. The number of carbonyl (C=O) groups is 1. The number of ether oxygens (including phenoxy) is 2. The number of hydrogen-bond donors (Lipinski definition) is 1. The number of carbonyl (C=O) groups excluding carboxylic acids is 1. The highest BCUT2D eigenvalue weighted by atomic mass is 16.5. The lowest BCUT2D eigenvalue weighted by Crippen LogP contribution is -2.14. The minimum atomic E-state index is -0.465. The van der Waals surface area contributed by atoms with E-state index in [9.17, 15) is 10.1 Å². The van der Waals surface area contributed by atoms with Gasteiger partial charge in [-0.05, 0) is 41.8 Å². The summed E-state index contributed by atoms with van der Waals surface area (Å²) in [7, 11) is 1.57. The molecule has 1 N–H and O–H groups in total. The minimum Gasteiger partial charge on any atom is -0.497 e. The Morgan fingerprint density at radius 2 is 1.81 bits per heavy atom. The van der Waals surface area contributed by atoms with Crippen molar-refractivity contribution in [2.45, 2.75) is 20.0 Å². The molecule has 3 aromatic carbocycles. The Morgan fingerprint density at radius 1 is 1.06 bits per heavy atom. The van der Waals surface area contributed by atoms with E-state index in [4.69, 9.17) is 9.47 Å². The van der Waals surface area contributed by atoms with Crippen molar-refractivity contribution < 1.29 is 14.3 Å². The van der Waals surface area contributed by atoms with Crippen LogP contribution in [-0.4, -0.2) is 13.0 Å². The lowest BCUT2D eigenvalue weighted by atomic mass is 10.1. The Hall–Kier alpha value is -4.04. The van der Waals surface area contributed by atoms with Gasteiger partial charge in [0.1, 0.15) is 29.7 Å². The van der Waals surface area contributed by atoms with Gasteiger partial charge in [0.2, 0.25) is 0 Å². The first kappa shape index (κ1) is 21.7. The van der Waals surface area contributed by atoms with Crippen molar-refractivity contribution in [2.24, 2.45) is 0 Å². The normalized spacial score (nSPS) is 10.8. The SMILES string of the molecule is CCc1ccccc1NC(=O)/C(C#N)=C/c1ccc(OC)cc1OCc1ccccc1. The summed E-state index contributed by atoms with van der Waals surface area (Å²) in [5.74, 6) is 0.686. The van der Waals surface area contributed by atoms with E-state index in [-0.39, 0.29) is 5.57 Å². The fraction of sp³-hybridized carbons (Fsp3) is 0.154. The Labute approximate surface area is 182 Å². The van der Waals surface area contributed by atoms with Crippen LogP contribution in [0.1, 0.15) is 23.6 Å². The number of benzene rings is 3. The summed E-state index contributed by atoms with van der Waals surface area (Å²) in [6.07, 6.45) is 2.31. The summed E-state index contributed by atoms with van der Waals surface area (Å²) in [5, 5.41) is 12.5. The number of nitrogens with one attached hydrogen (secondary N) is 1. The Kier molecular flexibility index (Phi) is 7.45. The van der Waals surface area contributed by atoms with Gasteiger partial charge in [0.25, 0.3) is 5.91 Å². The van der Waals surface area contributed by atoms with Gasteiger partial charge in [-0.15, -0.1) is 0 Å². The van der Waals surface area contributed by atoms with Crippen molar-refractivity contribution in [3.8, 4) is 17.6 Å². The standard InChI is InChI=1S/C26H24N2O3/c1-3-20-11-7-8-12-24(20)28-26(29)22(17-27)15-21-13-14-23(30-2)16-25(21)31-18-19-9-5-4-6-10-19/h4-16H,3,18H2,1-2H3,(H,28,29)/b22-15+. The second-order valence-electron chi connectivity index (χ2n) is 6.81. The number of para-hydroxylation sites is 1. The molecule has 5 nitrogen and oxygen atoms in total. The lowest BCUT2D eigenvalue weighted by Gasteiger charge is -2.12. The number of amides is 1.